The lowest BCUT2D eigenvalue weighted by molar-refractivity contribution is -0.113. The molecule has 2 aromatic rings. The molecule has 1 aliphatic rings. The second-order valence-corrected chi connectivity index (χ2v) is 6.30. The second-order valence-electron chi connectivity index (χ2n) is 4.63. The smallest absolute Gasteiger partial charge is 0.335 e. The van der Waals surface area contributed by atoms with E-state index in [0.29, 0.717) is 20.6 Å². The van der Waals surface area contributed by atoms with E-state index in [1.807, 2.05) is 6.07 Å². The predicted octanol–water partition coefficient (Wildman–Crippen LogP) is 3.19. The number of thioether (sulfide) groups is 1. The van der Waals surface area contributed by atoms with Crippen molar-refractivity contribution in [2.24, 2.45) is 0 Å². The molecule has 0 bridgehead atoms. The first-order valence-electron chi connectivity index (χ1n) is 6.58. The van der Waals surface area contributed by atoms with Gasteiger partial charge in [0, 0.05) is 6.20 Å². The van der Waals surface area contributed by atoms with Crippen molar-refractivity contribution in [3.05, 3.63) is 64.8 Å². The molecule has 0 aliphatic carbocycles. The number of thiocarbonyl (C=S) groups is 1. The summed E-state index contributed by atoms with van der Waals surface area (Å²) in [5, 5.41) is 9.07. The molecule has 1 amide bonds. The van der Waals surface area contributed by atoms with Crippen molar-refractivity contribution in [3.63, 3.8) is 0 Å². The van der Waals surface area contributed by atoms with Crippen molar-refractivity contribution in [1.82, 2.24) is 4.98 Å². The predicted molar refractivity (Wildman–Crippen MR) is 93.3 cm³/mol. The third kappa shape index (κ3) is 3.15. The summed E-state index contributed by atoms with van der Waals surface area (Å²) in [6.45, 7) is 0. The van der Waals surface area contributed by atoms with Crippen molar-refractivity contribution in [3.8, 4) is 0 Å². The van der Waals surface area contributed by atoms with Gasteiger partial charge in [0.25, 0.3) is 5.91 Å². The van der Waals surface area contributed by atoms with Crippen LogP contribution in [0.4, 0.5) is 5.69 Å². The molecule has 1 aromatic carbocycles. The quantitative estimate of drug-likeness (QED) is 0.682. The highest BCUT2D eigenvalue weighted by Crippen LogP contribution is 2.36. The number of carboxylic acids is 1. The van der Waals surface area contributed by atoms with E-state index < -0.39 is 5.97 Å². The van der Waals surface area contributed by atoms with E-state index in [-0.39, 0.29) is 11.5 Å². The fraction of sp³-hybridized carbons (Fsp3) is 0. The number of pyridine rings is 1. The van der Waals surface area contributed by atoms with Gasteiger partial charge in [-0.05, 0) is 36.4 Å². The van der Waals surface area contributed by atoms with Crippen LogP contribution < -0.4 is 4.90 Å². The van der Waals surface area contributed by atoms with Crippen molar-refractivity contribution in [2.45, 2.75) is 0 Å². The molecule has 5 nitrogen and oxygen atoms in total. The Labute approximate surface area is 141 Å². The Morgan fingerprint density at radius 2 is 2.09 bits per heavy atom. The van der Waals surface area contributed by atoms with E-state index in [4.69, 9.17) is 17.3 Å². The van der Waals surface area contributed by atoms with Gasteiger partial charge in [0.1, 0.15) is 0 Å². The number of amides is 1. The maximum atomic E-state index is 12.6. The van der Waals surface area contributed by atoms with Crippen LogP contribution in [0, 0.1) is 0 Å². The fourth-order valence-electron chi connectivity index (χ4n) is 2.06. The number of carbonyl (C=O) groups is 2. The van der Waals surface area contributed by atoms with Crippen LogP contribution in [0.5, 0.6) is 0 Å². The molecule has 1 fully saturated rings. The molecule has 3 rings (SSSR count). The van der Waals surface area contributed by atoms with Crippen molar-refractivity contribution in [1.29, 1.82) is 0 Å². The first-order valence-corrected chi connectivity index (χ1v) is 7.81. The van der Waals surface area contributed by atoms with Crippen LogP contribution in [-0.2, 0) is 4.79 Å². The van der Waals surface area contributed by atoms with E-state index in [9.17, 15) is 9.59 Å². The van der Waals surface area contributed by atoms with Gasteiger partial charge in [-0.1, -0.05) is 36.1 Å². The SMILES string of the molecule is O=C(O)c1cccc(N2C(=O)/C(=C\c3ccccn3)SC2=S)c1. The maximum absolute atomic E-state index is 12.6. The minimum Gasteiger partial charge on any atom is -0.478 e. The monoisotopic (exact) mass is 342 g/mol. The number of benzene rings is 1. The van der Waals surface area contributed by atoms with Crippen molar-refractivity contribution >= 4 is 51.9 Å². The zero-order valence-electron chi connectivity index (χ0n) is 11.7. The molecule has 23 heavy (non-hydrogen) atoms. The molecule has 1 N–H and O–H groups in total. The molecule has 7 heteroatoms. The molecule has 0 saturated carbocycles. The average molecular weight is 342 g/mol. The largest absolute Gasteiger partial charge is 0.478 e. The standard InChI is InChI=1S/C16H10N2O3S2/c19-14-13(9-11-5-1-2-7-17-11)23-16(22)18(14)12-6-3-4-10(8-12)15(20)21/h1-9H,(H,20,21)/b13-9+. The Morgan fingerprint density at radius 3 is 2.78 bits per heavy atom. The highest BCUT2D eigenvalue weighted by molar-refractivity contribution is 8.27. The first kappa shape index (κ1) is 15.4. The molecule has 0 atom stereocenters. The van der Waals surface area contributed by atoms with Crippen molar-refractivity contribution < 1.29 is 14.7 Å². The summed E-state index contributed by atoms with van der Waals surface area (Å²) in [7, 11) is 0. The van der Waals surface area contributed by atoms with Crippen LogP contribution in [0.2, 0.25) is 0 Å². The van der Waals surface area contributed by atoms with Gasteiger partial charge in [0.15, 0.2) is 4.32 Å². The summed E-state index contributed by atoms with van der Waals surface area (Å²) in [4.78, 5) is 29.6. The summed E-state index contributed by atoms with van der Waals surface area (Å²) < 4.78 is 0.361. The summed E-state index contributed by atoms with van der Waals surface area (Å²) >= 11 is 6.43. The number of hydrogen-bond donors (Lipinski definition) is 1. The number of hydrogen-bond acceptors (Lipinski definition) is 5. The van der Waals surface area contributed by atoms with Crippen LogP contribution in [0.3, 0.4) is 0 Å². The number of aromatic nitrogens is 1. The van der Waals surface area contributed by atoms with Crippen LogP contribution in [0.15, 0.2) is 53.6 Å². The highest BCUT2D eigenvalue weighted by atomic mass is 32.2. The molecule has 114 valence electrons. The number of carboxylic acid groups (broad SMARTS) is 1. The summed E-state index contributed by atoms with van der Waals surface area (Å²) in [6.07, 6.45) is 3.31. The minimum atomic E-state index is -1.05. The molecular formula is C16H10N2O3S2. The summed E-state index contributed by atoms with van der Waals surface area (Å²) in [5.41, 5.74) is 1.20. The number of aromatic carboxylic acids is 1. The third-order valence-electron chi connectivity index (χ3n) is 3.11. The minimum absolute atomic E-state index is 0.102. The first-order chi connectivity index (χ1) is 11.1. The normalized spacial score (nSPS) is 16.2. The van der Waals surface area contributed by atoms with Gasteiger partial charge in [-0.25, -0.2) is 4.79 Å². The number of rotatable bonds is 3. The second kappa shape index (κ2) is 6.31. The van der Waals surface area contributed by atoms with Gasteiger partial charge in [0.05, 0.1) is 21.8 Å². The zero-order valence-corrected chi connectivity index (χ0v) is 13.3. The maximum Gasteiger partial charge on any atom is 0.335 e. The lowest BCUT2D eigenvalue weighted by atomic mass is 10.2. The average Bonchev–Trinajstić information content (AvgIpc) is 2.82. The molecule has 0 spiro atoms. The Balaban J connectivity index is 1.95. The molecule has 1 aromatic heterocycles. The molecule has 1 saturated heterocycles. The van der Waals surface area contributed by atoms with E-state index in [0.717, 1.165) is 0 Å². The van der Waals surface area contributed by atoms with Gasteiger partial charge in [-0.2, -0.15) is 0 Å². The molecule has 0 unspecified atom stereocenters. The van der Waals surface area contributed by atoms with Crippen molar-refractivity contribution in [2.75, 3.05) is 4.90 Å². The summed E-state index contributed by atoms with van der Waals surface area (Å²) in [5.74, 6) is -1.34. The third-order valence-corrected chi connectivity index (χ3v) is 4.41. The molecule has 0 radical (unpaired) electrons. The highest BCUT2D eigenvalue weighted by Gasteiger charge is 2.33. The van der Waals surface area contributed by atoms with Crippen LogP contribution in [0.1, 0.15) is 16.1 Å². The lowest BCUT2D eigenvalue weighted by Crippen LogP contribution is -2.27. The number of anilines is 1. The Bertz CT molecular complexity index is 834. The van der Waals surface area contributed by atoms with E-state index in [1.165, 1.54) is 28.8 Å². The molecule has 2 heterocycles. The molecule has 1 aliphatic heterocycles. The number of carbonyl (C=O) groups excluding carboxylic acids is 1. The topological polar surface area (TPSA) is 70.5 Å². The molecular weight excluding hydrogens is 332 g/mol. The van der Waals surface area contributed by atoms with E-state index in [1.54, 1.807) is 36.5 Å². The van der Waals surface area contributed by atoms with Gasteiger partial charge < -0.3 is 5.11 Å². The fourth-order valence-corrected chi connectivity index (χ4v) is 3.35. The number of nitrogens with zero attached hydrogens (tertiary/aromatic N) is 2. The zero-order chi connectivity index (χ0) is 16.4. The van der Waals surface area contributed by atoms with Crippen LogP contribution in [-0.4, -0.2) is 26.3 Å². The lowest BCUT2D eigenvalue weighted by Gasteiger charge is -2.14. The van der Waals surface area contributed by atoms with Gasteiger partial charge in [-0.3, -0.25) is 14.7 Å². The van der Waals surface area contributed by atoms with Gasteiger partial charge >= 0.3 is 5.97 Å². The van der Waals surface area contributed by atoms with Gasteiger partial charge in [0.2, 0.25) is 0 Å². The Hall–Kier alpha value is -2.51. The Morgan fingerprint density at radius 1 is 1.26 bits per heavy atom. The van der Waals surface area contributed by atoms with Gasteiger partial charge in [-0.15, -0.1) is 0 Å². The van der Waals surface area contributed by atoms with E-state index >= 15 is 0 Å². The van der Waals surface area contributed by atoms with Crippen LogP contribution >= 0.6 is 24.0 Å². The van der Waals surface area contributed by atoms with Crippen LogP contribution in [0.25, 0.3) is 6.08 Å². The summed E-state index contributed by atoms with van der Waals surface area (Å²) in [6, 6.07) is 11.5. The van der Waals surface area contributed by atoms with E-state index in [2.05, 4.69) is 4.98 Å². The Kier molecular flexibility index (Phi) is 4.22.